The zero-order valence-electron chi connectivity index (χ0n) is 15.3. The Balaban J connectivity index is 1.56. The summed E-state index contributed by atoms with van der Waals surface area (Å²) in [4.78, 5) is 16.9. The number of nitrogens with one attached hydrogen (secondary N) is 1. The van der Waals surface area contributed by atoms with Gasteiger partial charge < -0.3 is 14.9 Å². The van der Waals surface area contributed by atoms with E-state index >= 15 is 0 Å². The zero-order chi connectivity index (χ0) is 20.5. The average molecular weight is 457 g/mol. The molecule has 3 rings (SSSR count). The van der Waals surface area contributed by atoms with E-state index in [0.29, 0.717) is 22.6 Å². The molecule has 0 aliphatic heterocycles. The first-order valence-corrected chi connectivity index (χ1v) is 9.56. The minimum absolute atomic E-state index is 0.209. The molecule has 5 nitrogen and oxygen atoms in total. The van der Waals surface area contributed by atoms with E-state index in [-0.39, 0.29) is 24.9 Å². The number of para-hydroxylation sites is 1. The lowest BCUT2D eigenvalue weighted by molar-refractivity contribution is -0.120. The zero-order valence-corrected chi connectivity index (χ0v) is 16.9. The number of oxime groups is 1. The van der Waals surface area contributed by atoms with Crippen molar-refractivity contribution < 1.29 is 18.8 Å². The van der Waals surface area contributed by atoms with Gasteiger partial charge in [-0.05, 0) is 48.0 Å². The van der Waals surface area contributed by atoms with Gasteiger partial charge in [0.2, 0.25) is 0 Å². The van der Waals surface area contributed by atoms with Crippen molar-refractivity contribution in [3.63, 3.8) is 0 Å². The molecule has 0 saturated carbocycles. The maximum atomic E-state index is 13.3. The lowest BCUT2D eigenvalue weighted by Gasteiger charge is -2.10. The van der Waals surface area contributed by atoms with E-state index in [2.05, 4.69) is 26.4 Å². The molecule has 3 aromatic carbocycles. The molecule has 0 saturated heterocycles. The minimum atomic E-state index is -0.315. The van der Waals surface area contributed by atoms with E-state index in [4.69, 9.17) is 9.57 Å². The van der Waals surface area contributed by atoms with Gasteiger partial charge in [0.25, 0.3) is 5.91 Å². The van der Waals surface area contributed by atoms with Crippen LogP contribution in [0.2, 0.25) is 0 Å². The van der Waals surface area contributed by atoms with Gasteiger partial charge in [-0.1, -0.05) is 51.4 Å². The normalized spacial score (nSPS) is 10.7. The van der Waals surface area contributed by atoms with Gasteiger partial charge in [0.1, 0.15) is 18.2 Å². The molecule has 0 aliphatic rings. The number of halogens is 2. The Bertz CT molecular complexity index is 996. The Morgan fingerprint density at radius 1 is 1.07 bits per heavy atom. The van der Waals surface area contributed by atoms with Crippen molar-refractivity contribution in [2.24, 2.45) is 5.16 Å². The van der Waals surface area contributed by atoms with Crippen LogP contribution < -0.4 is 10.1 Å². The maximum Gasteiger partial charge on any atom is 0.265 e. The van der Waals surface area contributed by atoms with Crippen molar-refractivity contribution in [3.05, 3.63) is 94.2 Å². The predicted molar refractivity (Wildman–Crippen MR) is 113 cm³/mol. The van der Waals surface area contributed by atoms with E-state index in [1.165, 1.54) is 18.3 Å². The largest absolute Gasteiger partial charge is 0.488 e. The molecular weight excluding hydrogens is 439 g/mol. The van der Waals surface area contributed by atoms with Crippen LogP contribution in [-0.4, -0.2) is 18.7 Å². The van der Waals surface area contributed by atoms with Gasteiger partial charge in [-0.2, -0.15) is 0 Å². The summed E-state index contributed by atoms with van der Waals surface area (Å²) in [7, 11) is 0. The van der Waals surface area contributed by atoms with Crippen LogP contribution in [0.15, 0.2) is 82.4 Å². The van der Waals surface area contributed by atoms with Gasteiger partial charge in [-0.3, -0.25) is 4.79 Å². The Labute approximate surface area is 176 Å². The molecule has 0 heterocycles. The molecule has 3 aromatic rings. The fourth-order valence-electron chi connectivity index (χ4n) is 2.45. The van der Waals surface area contributed by atoms with Crippen LogP contribution in [0.5, 0.6) is 5.75 Å². The molecule has 1 amide bonds. The molecule has 7 heteroatoms. The molecule has 0 spiro atoms. The van der Waals surface area contributed by atoms with E-state index in [0.717, 1.165) is 4.47 Å². The van der Waals surface area contributed by atoms with Crippen molar-refractivity contribution in [3.8, 4) is 5.75 Å². The molecule has 0 atom stereocenters. The molecular formula is C22H18BrFN2O3. The first kappa shape index (κ1) is 20.5. The standard InChI is InChI=1S/C22H18BrFN2O3/c23-18-9-10-21(28-14-16-5-4-6-19(24)11-16)17(12-18)13-25-29-15-22(27)26-20-7-2-1-3-8-20/h1-13H,14-15H2,(H,26,27)/b25-13+. The monoisotopic (exact) mass is 456 g/mol. The number of carbonyl (C=O) groups is 1. The highest BCUT2D eigenvalue weighted by Gasteiger charge is 2.05. The average Bonchev–Trinajstić information content (AvgIpc) is 2.71. The van der Waals surface area contributed by atoms with Crippen molar-refractivity contribution in [2.75, 3.05) is 11.9 Å². The second-order valence-corrected chi connectivity index (χ2v) is 6.94. The molecule has 0 bridgehead atoms. The summed E-state index contributed by atoms with van der Waals surface area (Å²) in [5.74, 6) is -0.0745. The van der Waals surface area contributed by atoms with E-state index in [1.807, 2.05) is 24.3 Å². The van der Waals surface area contributed by atoms with Crippen molar-refractivity contribution in [1.29, 1.82) is 0 Å². The first-order valence-electron chi connectivity index (χ1n) is 8.77. The van der Waals surface area contributed by atoms with Crippen LogP contribution in [0.25, 0.3) is 0 Å². The molecule has 0 fully saturated rings. The Hall–Kier alpha value is -3.19. The van der Waals surface area contributed by atoms with Gasteiger partial charge in [0, 0.05) is 15.7 Å². The fraction of sp³-hybridized carbons (Fsp3) is 0.0909. The number of anilines is 1. The van der Waals surface area contributed by atoms with Gasteiger partial charge in [0.15, 0.2) is 6.61 Å². The summed E-state index contributed by atoms with van der Waals surface area (Å²) >= 11 is 3.40. The predicted octanol–water partition coefficient (Wildman–Crippen LogP) is 5.16. The Kier molecular flexibility index (Phi) is 7.35. The second kappa shape index (κ2) is 10.4. The topological polar surface area (TPSA) is 59.9 Å². The summed E-state index contributed by atoms with van der Waals surface area (Å²) in [5, 5.41) is 6.55. The van der Waals surface area contributed by atoms with Crippen LogP contribution >= 0.6 is 15.9 Å². The third-order valence-electron chi connectivity index (χ3n) is 3.77. The van der Waals surface area contributed by atoms with Gasteiger partial charge in [0.05, 0.1) is 6.21 Å². The van der Waals surface area contributed by atoms with Crippen molar-refractivity contribution in [2.45, 2.75) is 6.61 Å². The number of rotatable bonds is 8. The highest BCUT2D eigenvalue weighted by atomic mass is 79.9. The molecule has 29 heavy (non-hydrogen) atoms. The van der Waals surface area contributed by atoms with Crippen LogP contribution in [-0.2, 0) is 16.2 Å². The summed E-state index contributed by atoms with van der Waals surface area (Å²) in [6.45, 7) is -0.0144. The molecule has 0 aliphatic carbocycles. The molecule has 1 N–H and O–H groups in total. The molecule has 0 aromatic heterocycles. The highest BCUT2D eigenvalue weighted by Crippen LogP contribution is 2.23. The maximum absolute atomic E-state index is 13.3. The SMILES string of the molecule is O=C(CO/N=C/c1cc(Br)ccc1OCc1cccc(F)c1)Nc1ccccc1. The summed E-state index contributed by atoms with van der Waals surface area (Å²) in [6, 6.07) is 20.7. The summed E-state index contributed by atoms with van der Waals surface area (Å²) < 4.78 is 19.9. The quantitative estimate of drug-likeness (QED) is 0.376. The Morgan fingerprint density at radius 3 is 2.69 bits per heavy atom. The van der Waals surface area contributed by atoms with E-state index in [9.17, 15) is 9.18 Å². The van der Waals surface area contributed by atoms with Crippen LogP contribution in [0.3, 0.4) is 0 Å². The van der Waals surface area contributed by atoms with E-state index in [1.54, 1.807) is 36.4 Å². The Morgan fingerprint density at radius 2 is 1.90 bits per heavy atom. The number of hydrogen-bond acceptors (Lipinski definition) is 4. The molecule has 148 valence electrons. The number of benzene rings is 3. The van der Waals surface area contributed by atoms with Crippen LogP contribution in [0.1, 0.15) is 11.1 Å². The van der Waals surface area contributed by atoms with Gasteiger partial charge >= 0.3 is 0 Å². The van der Waals surface area contributed by atoms with Gasteiger partial charge in [-0.15, -0.1) is 0 Å². The number of carbonyl (C=O) groups excluding carboxylic acids is 1. The van der Waals surface area contributed by atoms with Crippen molar-refractivity contribution >= 4 is 33.7 Å². The second-order valence-electron chi connectivity index (χ2n) is 6.02. The lowest BCUT2D eigenvalue weighted by Crippen LogP contribution is -2.16. The lowest BCUT2D eigenvalue weighted by atomic mass is 10.2. The molecule has 0 unspecified atom stereocenters. The number of nitrogens with zero attached hydrogens (tertiary/aromatic N) is 1. The smallest absolute Gasteiger partial charge is 0.265 e. The fourth-order valence-corrected chi connectivity index (χ4v) is 2.83. The minimum Gasteiger partial charge on any atom is -0.488 e. The van der Waals surface area contributed by atoms with Crippen LogP contribution in [0, 0.1) is 5.82 Å². The number of amides is 1. The molecule has 0 radical (unpaired) electrons. The third-order valence-corrected chi connectivity index (χ3v) is 4.27. The summed E-state index contributed by atoms with van der Waals surface area (Å²) in [5.41, 5.74) is 2.05. The van der Waals surface area contributed by atoms with E-state index < -0.39 is 0 Å². The number of hydrogen-bond donors (Lipinski definition) is 1. The van der Waals surface area contributed by atoms with Crippen molar-refractivity contribution in [1.82, 2.24) is 0 Å². The van der Waals surface area contributed by atoms with Crippen LogP contribution in [0.4, 0.5) is 10.1 Å². The first-order chi connectivity index (χ1) is 14.1. The summed E-state index contributed by atoms with van der Waals surface area (Å²) in [6.07, 6.45) is 1.46. The third kappa shape index (κ3) is 6.73. The number of ether oxygens (including phenoxy) is 1. The van der Waals surface area contributed by atoms with Gasteiger partial charge in [-0.25, -0.2) is 4.39 Å². The highest BCUT2D eigenvalue weighted by molar-refractivity contribution is 9.10.